The van der Waals surface area contributed by atoms with Crippen molar-refractivity contribution >= 4 is 28.5 Å². The molecule has 0 radical (unpaired) electrons. The number of anilines is 1. The molecule has 0 saturated carbocycles. The van der Waals surface area contributed by atoms with E-state index in [9.17, 15) is 0 Å². The number of rotatable bonds is 4. The van der Waals surface area contributed by atoms with Gasteiger partial charge >= 0.3 is 0 Å². The van der Waals surface area contributed by atoms with Crippen molar-refractivity contribution in [2.45, 2.75) is 13.8 Å². The smallest absolute Gasteiger partial charge is 0.257 e. The Morgan fingerprint density at radius 2 is 1.86 bits per heavy atom. The lowest BCUT2D eigenvalue weighted by Gasteiger charge is -2.18. The van der Waals surface area contributed by atoms with E-state index in [1.54, 1.807) is 10.9 Å². The molecule has 0 aliphatic rings. The summed E-state index contributed by atoms with van der Waals surface area (Å²) in [5, 5.41) is 5.54. The maximum absolute atomic E-state index is 6.05. The van der Waals surface area contributed by atoms with Crippen LogP contribution in [0.1, 0.15) is 13.8 Å². The molecule has 0 aliphatic carbocycles. The fourth-order valence-electron chi connectivity index (χ4n) is 2.20. The summed E-state index contributed by atoms with van der Waals surface area (Å²) in [5.74, 6) is 0.993. The molecular weight excluding hydrogens is 288 g/mol. The summed E-state index contributed by atoms with van der Waals surface area (Å²) in [5.41, 5.74) is 0.935. The molecule has 7 heteroatoms. The summed E-state index contributed by atoms with van der Waals surface area (Å²) in [7, 11) is 0. The molecule has 0 amide bonds. The van der Waals surface area contributed by atoms with Crippen molar-refractivity contribution in [3.63, 3.8) is 0 Å². The van der Waals surface area contributed by atoms with Crippen LogP contribution in [-0.2, 0) is 0 Å². The van der Waals surface area contributed by atoms with Crippen LogP contribution >= 0.6 is 11.6 Å². The highest BCUT2D eigenvalue weighted by atomic mass is 35.5. The molecule has 0 fully saturated rings. The molecule has 2 heterocycles. The molecule has 0 N–H and O–H groups in total. The number of benzene rings is 1. The first kappa shape index (κ1) is 13.8. The molecule has 0 spiro atoms. The Hall–Kier alpha value is -2.21. The highest BCUT2D eigenvalue weighted by Gasteiger charge is 2.13. The molecule has 3 aromatic rings. The molecule has 0 saturated heterocycles. The van der Waals surface area contributed by atoms with E-state index in [2.05, 4.69) is 20.1 Å². The number of hydrogen-bond acceptors (Lipinski definition) is 5. The number of hydrogen-bond donors (Lipinski definition) is 0. The quantitative estimate of drug-likeness (QED) is 0.741. The van der Waals surface area contributed by atoms with E-state index in [0.717, 1.165) is 24.0 Å². The Balaban J connectivity index is 2.14. The summed E-state index contributed by atoms with van der Waals surface area (Å²) in [4.78, 5) is 14.9. The summed E-state index contributed by atoms with van der Waals surface area (Å²) in [6.07, 6.45) is 1.78. The Bertz CT molecular complexity index is 765. The van der Waals surface area contributed by atoms with Crippen molar-refractivity contribution in [2.24, 2.45) is 0 Å². The second-order valence-corrected chi connectivity index (χ2v) is 4.83. The van der Waals surface area contributed by atoms with E-state index < -0.39 is 0 Å². The monoisotopic (exact) mass is 302 g/mol. The van der Waals surface area contributed by atoms with E-state index in [1.165, 1.54) is 0 Å². The summed E-state index contributed by atoms with van der Waals surface area (Å²) in [6, 6.07) is 7.88. The van der Waals surface area contributed by atoms with E-state index >= 15 is 0 Å². The standard InChI is InChI=1S/C14H15ClN6/c1-3-20(4-2)13-17-12(15)18-14(19-13)21-11-8-6-5-7-10(11)9-16-21/h5-9H,3-4H2,1-2H3. The molecule has 21 heavy (non-hydrogen) atoms. The predicted octanol–water partition coefficient (Wildman–Crippen LogP) is 2.71. The number of fused-ring (bicyclic) bond motifs is 1. The maximum Gasteiger partial charge on any atom is 0.257 e. The van der Waals surface area contributed by atoms with Gasteiger partial charge in [0.1, 0.15) is 0 Å². The molecule has 0 unspecified atom stereocenters. The number of para-hydroxylation sites is 1. The van der Waals surface area contributed by atoms with Crippen LogP contribution in [0.2, 0.25) is 5.28 Å². The van der Waals surface area contributed by atoms with Crippen molar-refractivity contribution in [3.8, 4) is 5.95 Å². The van der Waals surface area contributed by atoms with Gasteiger partial charge in [-0.25, -0.2) is 0 Å². The minimum absolute atomic E-state index is 0.168. The minimum Gasteiger partial charge on any atom is -0.341 e. The third-order valence-corrected chi connectivity index (χ3v) is 3.47. The van der Waals surface area contributed by atoms with Crippen LogP contribution < -0.4 is 4.90 Å². The van der Waals surface area contributed by atoms with Crippen LogP contribution in [0.15, 0.2) is 30.5 Å². The van der Waals surface area contributed by atoms with Crippen molar-refractivity contribution in [1.82, 2.24) is 24.7 Å². The topological polar surface area (TPSA) is 59.7 Å². The van der Waals surface area contributed by atoms with Crippen molar-refractivity contribution in [3.05, 3.63) is 35.7 Å². The molecule has 0 aliphatic heterocycles. The zero-order chi connectivity index (χ0) is 14.8. The number of nitrogens with zero attached hydrogens (tertiary/aromatic N) is 6. The molecule has 0 atom stereocenters. The van der Waals surface area contributed by atoms with E-state index in [0.29, 0.717) is 11.9 Å². The lowest BCUT2D eigenvalue weighted by molar-refractivity contribution is 0.772. The van der Waals surface area contributed by atoms with Gasteiger partial charge in [-0.1, -0.05) is 18.2 Å². The number of halogens is 1. The molecule has 3 rings (SSSR count). The van der Waals surface area contributed by atoms with Crippen LogP contribution in [-0.4, -0.2) is 37.8 Å². The van der Waals surface area contributed by atoms with E-state index in [-0.39, 0.29) is 5.28 Å². The molecule has 1 aromatic carbocycles. The predicted molar refractivity (Wildman–Crippen MR) is 83.0 cm³/mol. The second-order valence-electron chi connectivity index (χ2n) is 4.49. The van der Waals surface area contributed by atoms with Gasteiger partial charge in [0.25, 0.3) is 5.95 Å². The van der Waals surface area contributed by atoms with Gasteiger partial charge in [0.05, 0.1) is 11.7 Å². The molecule has 108 valence electrons. The highest BCUT2D eigenvalue weighted by Crippen LogP contribution is 2.18. The van der Waals surface area contributed by atoms with Crippen LogP contribution in [0.25, 0.3) is 16.9 Å². The third-order valence-electron chi connectivity index (χ3n) is 3.30. The van der Waals surface area contributed by atoms with Gasteiger partial charge in [-0.05, 0) is 31.5 Å². The van der Waals surface area contributed by atoms with Gasteiger partial charge in [0.2, 0.25) is 11.2 Å². The first-order valence-corrected chi connectivity index (χ1v) is 7.20. The van der Waals surface area contributed by atoms with Gasteiger partial charge in [-0.2, -0.15) is 24.7 Å². The van der Waals surface area contributed by atoms with Gasteiger partial charge in [0.15, 0.2) is 0 Å². The molecule has 2 aromatic heterocycles. The fraction of sp³-hybridized carbons (Fsp3) is 0.286. The zero-order valence-corrected chi connectivity index (χ0v) is 12.6. The van der Waals surface area contributed by atoms with Crippen LogP contribution in [0, 0.1) is 0 Å². The van der Waals surface area contributed by atoms with Gasteiger partial charge < -0.3 is 4.90 Å². The number of aromatic nitrogens is 5. The Kier molecular flexibility index (Phi) is 3.70. The molecule has 0 bridgehead atoms. The summed E-state index contributed by atoms with van der Waals surface area (Å²) < 4.78 is 1.68. The van der Waals surface area contributed by atoms with Crippen LogP contribution in [0.3, 0.4) is 0 Å². The Morgan fingerprint density at radius 3 is 2.62 bits per heavy atom. The second kappa shape index (κ2) is 5.65. The average molecular weight is 303 g/mol. The lowest BCUT2D eigenvalue weighted by Crippen LogP contribution is -2.25. The van der Waals surface area contributed by atoms with Gasteiger partial charge in [-0.15, -0.1) is 0 Å². The maximum atomic E-state index is 6.05. The van der Waals surface area contributed by atoms with Crippen LogP contribution in [0.5, 0.6) is 0 Å². The van der Waals surface area contributed by atoms with Crippen LogP contribution in [0.4, 0.5) is 5.95 Å². The minimum atomic E-state index is 0.168. The third kappa shape index (κ3) is 2.54. The van der Waals surface area contributed by atoms with E-state index in [4.69, 9.17) is 11.6 Å². The molecule has 6 nitrogen and oxygen atoms in total. The summed E-state index contributed by atoms with van der Waals surface area (Å²) >= 11 is 6.05. The normalized spacial score (nSPS) is 11.0. The van der Waals surface area contributed by atoms with E-state index in [1.807, 2.05) is 43.0 Å². The van der Waals surface area contributed by atoms with Crippen molar-refractivity contribution in [1.29, 1.82) is 0 Å². The van der Waals surface area contributed by atoms with Crippen molar-refractivity contribution < 1.29 is 0 Å². The Labute approximate surface area is 127 Å². The van der Waals surface area contributed by atoms with Crippen molar-refractivity contribution in [2.75, 3.05) is 18.0 Å². The first-order chi connectivity index (χ1) is 10.2. The Morgan fingerprint density at radius 1 is 1.10 bits per heavy atom. The largest absolute Gasteiger partial charge is 0.341 e. The van der Waals surface area contributed by atoms with Gasteiger partial charge in [0, 0.05) is 18.5 Å². The fourth-order valence-corrected chi connectivity index (χ4v) is 2.35. The SMILES string of the molecule is CCN(CC)c1nc(Cl)nc(-n2ncc3ccccc32)n1. The average Bonchev–Trinajstić information content (AvgIpc) is 2.92. The first-order valence-electron chi connectivity index (χ1n) is 6.82. The lowest BCUT2D eigenvalue weighted by atomic mass is 10.3. The summed E-state index contributed by atoms with van der Waals surface area (Å²) in [6.45, 7) is 5.70. The van der Waals surface area contributed by atoms with Gasteiger partial charge in [-0.3, -0.25) is 0 Å². The highest BCUT2D eigenvalue weighted by molar-refractivity contribution is 6.28. The molecular formula is C14H15ClN6. The zero-order valence-electron chi connectivity index (χ0n) is 11.9.